The number of nitrogens with two attached hydrogens (primary N) is 1. The minimum Gasteiger partial charge on any atom is -0.399 e. The molecule has 21 heavy (non-hydrogen) atoms. The van der Waals surface area contributed by atoms with Crippen LogP contribution in [0.15, 0.2) is 17.0 Å². The van der Waals surface area contributed by atoms with Gasteiger partial charge in [0.1, 0.15) is 4.90 Å². The van der Waals surface area contributed by atoms with Crippen LogP contribution in [-0.2, 0) is 10.0 Å². The van der Waals surface area contributed by atoms with E-state index in [0.717, 1.165) is 19.5 Å². The molecule has 2 atom stereocenters. The molecule has 0 spiro atoms. The Morgan fingerprint density at radius 1 is 1.33 bits per heavy atom. The summed E-state index contributed by atoms with van der Waals surface area (Å²) in [4.78, 5) is 2.07. The van der Waals surface area contributed by atoms with Gasteiger partial charge in [0.25, 0.3) is 0 Å². The first-order valence-electron chi connectivity index (χ1n) is 6.66. The van der Waals surface area contributed by atoms with Crippen molar-refractivity contribution in [3.05, 3.63) is 22.2 Å². The maximum absolute atomic E-state index is 12.5. The molecule has 1 saturated heterocycles. The molecule has 1 fully saturated rings. The van der Waals surface area contributed by atoms with Gasteiger partial charge in [-0.1, -0.05) is 30.1 Å². The van der Waals surface area contributed by atoms with Crippen LogP contribution in [0.2, 0.25) is 10.0 Å². The third-order valence-electron chi connectivity index (χ3n) is 3.70. The first-order valence-corrected chi connectivity index (χ1v) is 8.90. The summed E-state index contributed by atoms with van der Waals surface area (Å²) in [6.07, 6.45) is 0.751. The average Bonchev–Trinajstić information content (AvgIpc) is 2.30. The van der Waals surface area contributed by atoms with E-state index < -0.39 is 10.0 Å². The minimum absolute atomic E-state index is 0.0353. The Labute approximate surface area is 135 Å². The van der Waals surface area contributed by atoms with Gasteiger partial charge in [0.15, 0.2) is 0 Å². The quantitative estimate of drug-likeness (QED) is 0.818. The summed E-state index contributed by atoms with van der Waals surface area (Å²) in [6.45, 7) is 3.71. The Kier molecular flexibility index (Phi) is 5.05. The van der Waals surface area contributed by atoms with Crippen molar-refractivity contribution >= 4 is 38.9 Å². The Balaban J connectivity index is 2.27. The molecule has 2 rings (SSSR count). The van der Waals surface area contributed by atoms with Gasteiger partial charge in [-0.3, -0.25) is 0 Å². The normalized spacial score (nSPS) is 24.2. The molecule has 1 aromatic rings. The zero-order valence-corrected chi connectivity index (χ0v) is 14.3. The van der Waals surface area contributed by atoms with Crippen molar-refractivity contribution in [3.8, 4) is 0 Å². The molecule has 0 amide bonds. The lowest BCUT2D eigenvalue weighted by Crippen LogP contribution is -2.48. The van der Waals surface area contributed by atoms with Crippen LogP contribution < -0.4 is 10.5 Å². The predicted molar refractivity (Wildman–Crippen MR) is 86.3 cm³/mol. The SMILES string of the molecule is CC1CN(C)CCC1NS(=O)(=O)c1c(Cl)cc(N)cc1Cl. The maximum atomic E-state index is 12.5. The number of rotatable bonds is 3. The minimum atomic E-state index is -3.78. The van der Waals surface area contributed by atoms with Crippen molar-refractivity contribution in [3.63, 3.8) is 0 Å². The molecule has 3 N–H and O–H groups in total. The van der Waals surface area contributed by atoms with Crippen molar-refractivity contribution in [2.24, 2.45) is 5.92 Å². The van der Waals surface area contributed by atoms with Gasteiger partial charge in [0.05, 0.1) is 10.0 Å². The van der Waals surface area contributed by atoms with Gasteiger partial charge >= 0.3 is 0 Å². The van der Waals surface area contributed by atoms with Gasteiger partial charge < -0.3 is 10.6 Å². The second-order valence-corrected chi connectivity index (χ2v) is 8.03. The standard InChI is InChI=1S/C13H19Cl2N3O2S/c1-8-7-18(2)4-3-12(8)17-21(19,20)13-10(14)5-9(16)6-11(13)15/h5-6,8,12,17H,3-4,7,16H2,1-2H3. The van der Waals surface area contributed by atoms with Crippen LogP contribution in [0, 0.1) is 5.92 Å². The molecule has 1 heterocycles. The Morgan fingerprint density at radius 3 is 2.43 bits per heavy atom. The summed E-state index contributed by atoms with van der Waals surface area (Å²) in [5, 5.41) is 0.0705. The highest BCUT2D eigenvalue weighted by Gasteiger charge is 2.31. The van der Waals surface area contributed by atoms with E-state index in [4.69, 9.17) is 28.9 Å². The van der Waals surface area contributed by atoms with E-state index in [1.165, 1.54) is 12.1 Å². The van der Waals surface area contributed by atoms with Crippen molar-refractivity contribution in [1.82, 2.24) is 9.62 Å². The predicted octanol–water partition coefficient (Wildman–Crippen LogP) is 2.19. The monoisotopic (exact) mass is 351 g/mol. The second-order valence-electron chi connectivity index (χ2n) is 5.57. The van der Waals surface area contributed by atoms with E-state index in [0.29, 0.717) is 5.69 Å². The van der Waals surface area contributed by atoms with E-state index in [1.54, 1.807) is 0 Å². The summed E-state index contributed by atoms with van der Waals surface area (Å²) in [5.74, 6) is 0.213. The fourth-order valence-corrected chi connectivity index (χ4v) is 5.23. The molecule has 2 unspecified atom stereocenters. The fraction of sp³-hybridized carbons (Fsp3) is 0.538. The molecule has 1 aliphatic heterocycles. The average molecular weight is 352 g/mol. The number of benzene rings is 1. The lowest BCUT2D eigenvalue weighted by Gasteiger charge is -2.35. The molecular formula is C13H19Cl2N3O2S. The lowest BCUT2D eigenvalue weighted by molar-refractivity contribution is 0.188. The lowest BCUT2D eigenvalue weighted by atomic mass is 9.95. The number of anilines is 1. The number of halogens is 2. The summed E-state index contributed by atoms with van der Waals surface area (Å²) in [5.41, 5.74) is 5.93. The number of hydrogen-bond donors (Lipinski definition) is 2. The van der Waals surface area contributed by atoms with Gasteiger partial charge in [0.2, 0.25) is 10.0 Å². The zero-order chi connectivity index (χ0) is 15.8. The van der Waals surface area contributed by atoms with E-state index in [2.05, 4.69) is 9.62 Å². The zero-order valence-electron chi connectivity index (χ0n) is 11.9. The van der Waals surface area contributed by atoms with Crippen molar-refractivity contribution in [2.75, 3.05) is 25.9 Å². The number of hydrogen-bond acceptors (Lipinski definition) is 4. The smallest absolute Gasteiger partial charge is 0.243 e. The van der Waals surface area contributed by atoms with Gasteiger partial charge in [-0.2, -0.15) is 0 Å². The highest BCUT2D eigenvalue weighted by atomic mass is 35.5. The molecule has 0 aliphatic carbocycles. The number of nitrogens with zero attached hydrogens (tertiary/aromatic N) is 1. The summed E-state index contributed by atoms with van der Waals surface area (Å²) < 4.78 is 27.8. The molecular weight excluding hydrogens is 333 g/mol. The van der Waals surface area contributed by atoms with Gasteiger partial charge in [0, 0.05) is 18.3 Å². The topological polar surface area (TPSA) is 75.4 Å². The molecule has 8 heteroatoms. The first kappa shape index (κ1) is 16.8. The Bertz CT molecular complexity index is 613. The highest BCUT2D eigenvalue weighted by Crippen LogP contribution is 2.32. The van der Waals surface area contributed by atoms with Crippen LogP contribution in [0.1, 0.15) is 13.3 Å². The first-order chi connectivity index (χ1) is 9.70. The number of nitrogen functional groups attached to an aromatic ring is 1. The van der Waals surface area contributed by atoms with Gasteiger partial charge in [-0.15, -0.1) is 0 Å². The largest absolute Gasteiger partial charge is 0.399 e. The van der Waals surface area contributed by atoms with E-state index in [9.17, 15) is 8.42 Å². The Hall–Kier alpha value is -0.530. The van der Waals surface area contributed by atoms with Crippen molar-refractivity contribution in [1.29, 1.82) is 0 Å². The number of nitrogens with one attached hydrogen (secondary N) is 1. The highest BCUT2D eigenvalue weighted by molar-refractivity contribution is 7.89. The Morgan fingerprint density at radius 2 is 1.90 bits per heavy atom. The molecule has 1 aromatic carbocycles. The summed E-state index contributed by atoms with van der Waals surface area (Å²) in [6, 6.07) is 2.65. The van der Waals surface area contributed by atoms with Crippen molar-refractivity contribution in [2.45, 2.75) is 24.3 Å². The van der Waals surface area contributed by atoms with Crippen LogP contribution >= 0.6 is 23.2 Å². The van der Waals surface area contributed by atoms with E-state index in [1.807, 2.05) is 14.0 Å². The molecule has 5 nitrogen and oxygen atoms in total. The van der Waals surface area contributed by atoms with E-state index >= 15 is 0 Å². The third-order valence-corrected chi connectivity index (χ3v) is 6.11. The van der Waals surface area contributed by atoms with Gasteiger partial charge in [-0.25, -0.2) is 13.1 Å². The molecule has 118 valence electrons. The number of sulfonamides is 1. The molecule has 0 saturated carbocycles. The van der Waals surface area contributed by atoms with Crippen LogP contribution in [0.4, 0.5) is 5.69 Å². The number of piperidine rings is 1. The van der Waals surface area contributed by atoms with Crippen molar-refractivity contribution < 1.29 is 8.42 Å². The van der Waals surface area contributed by atoms with Gasteiger partial charge in [-0.05, 0) is 38.1 Å². The molecule has 0 bridgehead atoms. The fourth-order valence-electron chi connectivity index (χ4n) is 2.62. The van der Waals surface area contributed by atoms with Crippen LogP contribution in [0.25, 0.3) is 0 Å². The van der Waals surface area contributed by atoms with Crippen LogP contribution in [-0.4, -0.2) is 39.5 Å². The summed E-state index contributed by atoms with van der Waals surface area (Å²) in [7, 11) is -1.75. The second kappa shape index (κ2) is 6.30. The van der Waals surface area contributed by atoms with Crippen LogP contribution in [0.5, 0.6) is 0 Å². The summed E-state index contributed by atoms with van der Waals surface area (Å²) >= 11 is 12.0. The molecule has 0 aromatic heterocycles. The van der Waals surface area contributed by atoms with E-state index in [-0.39, 0.29) is 26.9 Å². The molecule has 1 aliphatic rings. The number of likely N-dealkylation sites (tertiary alicyclic amines) is 1. The van der Waals surface area contributed by atoms with Crippen LogP contribution in [0.3, 0.4) is 0 Å². The molecule has 0 radical (unpaired) electrons. The maximum Gasteiger partial charge on any atom is 0.243 e. The third kappa shape index (κ3) is 3.81.